The highest BCUT2D eigenvalue weighted by Gasteiger charge is 2.36. The van der Waals surface area contributed by atoms with Gasteiger partial charge in [0.05, 0.1) is 6.54 Å². The van der Waals surface area contributed by atoms with Crippen LogP contribution < -0.4 is 10.6 Å². The van der Waals surface area contributed by atoms with Crippen LogP contribution in [0.1, 0.15) is 31.7 Å². The molecule has 0 aromatic heterocycles. The maximum atomic E-state index is 6.56. The first-order valence-corrected chi connectivity index (χ1v) is 11.0. The average molecular weight is 425 g/mol. The van der Waals surface area contributed by atoms with Crippen molar-refractivity contribution in [2.45, 2.75) is 31.6 Å². The summed E-state index contributed by atoms with van der Waals surface area (Å²) in [5.41, 5.74) is 1.11. The van der Waals surface area contributed by atoms with Crippen molar-refractivity contribution < 1.29 is 9.47 Å². The first kappa shape index (κ1) is 23.9. The predicted molar refractivity (Wildman–Crippen MR) is 121 cm³/mol. The van der Waals surface area contributed by atoms with Gasteiger partial charge < -0.3 is 25.0 Å². The highest BCUT2D eigenvalue weighted by atomic mass is 35.5. The lowest BCUT2D eigenvalue weighted by Crippen LogP contribution is -2.43. The van der Waals surface area contributed by atoms with Gasteiger partial charge in [-0.05, 0) is 44.9 Å². The molecule has 1 saturated heterocycles. The Labute approximate surface area is 181 Å². The Morgan fingerprint density at radius 1 is 1.24 bits per heavy atom. The van der Waals surface area contributed by atoms with Crippen LogP contribution in [0.4, 0.5) is 0 Å². The van der Waals surface area contributed by atoms with Gasteiger partial charge in [-0.2, -0.15) is 0 Å². The molecule has 1 heterocycles. The van der Waals surface area contributed by atoms with Crippen LogP contribution >= 0.6 is 11.6 Å². The van der Waals surface area contributed by atoms with Crippen LogP contribution in [0, 0.1) is 0 Å². The summed E-state index contributed by atoms with van der Waals surface area (Å²) in [7, 11) is 3.88. The number of likely N-dealkylation sites (N-methyl/N-ethyl adjacent to an activating group) is 1. The molecule has 0 bridgehead atoms. The Morgan fingerprint density at radius 3 is 2.69 bits per heavy atom. The van der Waals surface area contributed by atoms with Crippen LogP contribution in [0.15, 0.2) is 29.3 Å². The van der Waals surface area contributed by atoms with E-state index in [9.17, 15) is 0 Å². The molecule has 0 atom stereocenters. The Bertz CT molecular complexity index is 621. The van der Waals surface area contributed by atoms with Crippen molar-refractivity contribution in [1.29, 1.82) is 0 Å². The van der Waals surface area contributed by atoms with E-state index in [0.29, 0.717) is 6.54 Å². The van der Waals surface area contributed by atoms with Gasteiger partial charge in [-0.15, -0.1) is 0 Å². The molecule has 1 aliphatic rings. The lowest BCUT2D eigenvalue weighted by atomic mass is 9.74. The Morgan fingerprint density at radius 2 is 2.00 bits per heavy atom. The number of rotatable bonds is 11. The van der Waals surface area contributed by atoms with Gasteiger partial charge in [0.1, 0.15) is 0 Å². The summed E-state index contributed by atoms with van der Waals surface area (Å²) in [5.74, 6) is 0.857. The summed E-state index contributed by atoms with van der Waals surface area (Å²) < 4.78 is 10.8. The fourth-order valence-corrected chi connectivity index (χ4v) is 4.03. The third-order valence-corrected chi connectivity index (χ3v) is 5.78. The topological polar surface area (TPSA) is 58.1 Å². The summed E-state index contributed by atoms with van der Waals surface area (Å²) in [5, 5.41) is 7.65. The van der Waals surface area contributed by atoms with Gasteiger partial charge >= 0.3 is 0 Å². The summed E-state index contributed by atoms with van der Waals surface area (Å²) >= 11 is 6.56. The zero-order valence-electron chi connectivity index (χ0n) is 18.2. The minimum Gasteiger partial charge on any atom is -0.385 e. The summed E-state index contributed by atoms with van der Waals surface area (Å²) in [6.45, 7) is 8.74. The number of methoxy groups -OCH3 is 1. The first-order valence-electron chi connectivity index (χ1n) is 10.6. The molecule has 0 unspecified atom stereocenters. The minimum atomic E-state index is -0.0735. The Balaban J connectivity index is 1.99. The Hall–Kier alpha value is -1.34. The molecule has 0 radical (unpaired) electrons. The third kappa shape index (κ3) is 7.78. The SMILES string of the molecule is CCNC(=NCC1(c2ccccc2Cl)CCOCC1)NCCN(C)CCCOC. The quantitative estimate of drug-likeness (QED) is 0.325. The molecule has 6 nitrogen and oxygen atoms in total. The number of guanidine groups is 1. The first-order chi connectivity index (χ1) is 14.1. The number of hydrogen-bond donors (Lipinski definition) is 2. The van der Waals surface area contributed by atoms with Gasteiger partial charge in [0, 0.05) is 63.5 Å². The normalized spacial score (nSPS) is 16.8. The van der Waals surface area contributed by atoms with Gasteiger partial charge in [0.25, 0.3) is 0 Å². The van der Waals surface area contributed by atoms with Crippen LogP contribution in [-0.4, -0.2) is 77.6 Å². The van der Waals surface area contributed by atoms with Gasteiger partial charge in [-0.25, -0.2) is 0 Å². The van der Waals surface area contributed by atoms with E-state index < -0.39 is 0 Å². The average Bonchev–Trinajstić information content (AvgIpc) is 2.73. The molecule has 164 valence electrons. The molecule has 0 amide bonds. The molecule has 2 N–H and O–H groups in total. The van der Waals surface area contributed by atoms with Crippen molar-refractivity contribution in [1.82, 2.24) is 15.5 Å². The van der Waals surface area contributed by atoms with Crippen molar-refractivity contribution >= 4 is 17.6 Å². The molecule has 1 fully saturated rings. The molecular weight excluding hydrogens is 388 g/mol. The van der Waals surface area contributed by atoms with E-state index in [-0.39, 0.29) is 5.41 Å². The minimum absolute atomic E-state index is 0.0735. The van der Waals surface area contributed by atoms with E-state index in [0.717, 1.165) is 76.2 Å². The Kier molecular flexibility index (Phi) is 10.8. The number of nitrogens with zero attached hydrogens (tertiary/aromatic N) is 2. The number of nitrogens with one attached hydrogen (secondary N) is 2. The van der Waals surface area contributed by atoms with E-state index in [4.69, 9.17) is 26.1 Å². The van der Waals surface area contributed by atoms with Gasteiger partial charge in [-0.1, -0.05) is 29.8 Å². The lowest BCUT2D eigenvalue weighted by Gasteiger charge is -2.37. The summed E-state index contributed by atoms with van der Waals surface area (Å²) in [6.07, 6.45) is 2.91. The molecule has 1 aromatic carbocycles. The van der Waals surface area contributed by atoms with Crippen molar-refractivity contribution in [3.05, 3.63) is 34.9 Å². The molecule has 1 aliphatic heterocycles. The predicted octanol–water partition coefficient (Wildman–Crippen LogP) is 2.91. The second-order valence-electron chi connectivity index (χ2n) is 7.64. The van der Waals surface area contributed by atoms with Crippen molar-refractivity contribution in [3.63, 3.8) is 0 Å². The second kappa shape index (κ2) is 13.1. The largest absolute Gasteiger partial charge is 0.385 e. The maximum absolute atomic E-state index is 6.56. The molecular formula is C22H37ClN4O2. The number of halogens is 1. The smallest absolute Gasteiger partial charge is 0.191 e. The number of hydrogen-bond acceptors (Lipinski definition) is 4. The molecule has 0 saturated carbocycles. The molecule has 1 aromatic rings. The van der Waals surface area contributed by atoms with E-state index >= 15 is 0 Å². The summed E-state index contributed by atoms with van der Waals surface area (Å²) in [6, 6.07) is 8.15. The van der Waals surface area contributed by atoms with Crippen LogP contribution in [0.3, 0.4) is 0 Å². The zero-order valence-corrected chi connectivity index (χ0v) is 18.9. The lowest BCUT2D eigenvalue weighted by molar-refractivity contribution is 0.0531. The highest BCUT2D eigenvalue weighted by Crippen LogP contribution is 2.38. The second-order valence-corrected chi connectivity index (χ2v) is 8.05. The van der Waals surface area contributed by atoms with Crippen LogP contribution in [-0.2, 0) is 14.9 Å². The van der Waals surface area contributed by atoms with Gasteiger partial charge in [0.15, 0.2) is 5.96 Å². The van der Waals surface area contributed by atoms with Crippen molar-refractivity contribution in [2.75, 3.05) is 66.7 Å². The van der Waals surface area contributed by atoms with Crippen molar-refractivity contribution in [3.8, 4) is 0 Å². The number of aliphatic imine (C=N–C) groups is 1. The standard InChI is InChI=1S/C22H37ClN4O2/c1-4-24-21(25-12-14-27(2)13-7-15-28-3)26-18-22(10-16-29-17-11-22)19-8-5-6-9-20(19)23/h5-6,8-9H,4,7,10-18H2,1-3H3,(H2,24,25,26). The zero-order chi connectivity index (χ0) is 21.0. The molecule has 7 heteroatoms. The van der Waals surface area contributed by atoms with Gasteiger partial charge in [-0.3, -0.25) is 4.99 Å². The fraction of sp³-hybridized carbons (Fsp3) is 0.682. The van der Waals surface area contributed by atoms with Crippen molar-refractivity contribution in [2.24, 2.45) is 4.99 Å². The fourth-order valence-electron chi connectivity index (χ4n) is 3.69. The van der Waals surface area contributed by atoms with Crippen LogP contribution in [0.25, 0.3) is 0 Å². The number of ether oxygens (including phenoxy) is 2. The number of benzene rings is 1. The molecule has 2 rings (SSSR count). The highest BCUT2D eigenvalue weighted by molar-refractivity contribution is 6.31. The molecule has 0 spiro atoms. The van der Waals surface area contributed by atoms with E-state index in [1.165, 1.54) is 5.56 Å². The maximum Gasteiger partial charge on any atom is 0.191 e. The van der Waals surface area contributed by atoms with Gasteiger partial charge in [0.2, 0.25) is 0 Å². The summed E-state index contributed by atoms with van der Waals surface area (Å²) in [4.78, 5) is 7.25. The van der Waals surface area contributed by atoms with E-state index in [2.05, 4.69) is 41.6 Å². The monoisotopic (exact) mass is 424 g/mol. The van der Waals surface area contributed by atoms with Crippen LogP contribution in [0.2, 0.25) is 5.02 Å². The molecule has 29 heavy (non-hydrogen) atoms. The van der Waals surface area contributed by atoms with Crippen LogP contribution in [0.5, 0.6) is 0 Å². The third-order valence-electron chi connectivity index (χ3n) is 5.45. The molecule has 0 aliphatic carbocycles. The van der Waals surface area contributed by atoms with E-state index in [1.807, 2.05) is 12.1 Å². The van der Waals surface area contributed by atoms with E-state index in [1.54, 1.807) is 7.11 Å².